The smallest absolute Gasteiger partial charge is 0.273 e. The van der Waals surface area contributed by atoms with Crippen LogP contribution in [0.5, 0.6) is 0 Å². The molecule has 5 heteroatoms. The largest absolute Gasteiger partial charge is 0.398 e. The Morgan fingerprint density at radius 3 is 2.83 bits per heavy atom. The van der Waals surface area contributed by atoms with Crippen LogP contribution in [0.2, 0.25) is 0 Å². The maximum absolute atomic E-state index is 11.0. The first-order valence-corrected chi connectivity index (χ1v) is 3.37. The highest BCUT2D eigenvalue weighted by molar-refractivity contribution is 6.43. The lowest BCUT2D eigenvalue weighted by molar-refractivity contribution is -0.114. The zero-order chi connectivity index (χ0) is 9.40. The van der Waals surface area contributed by atoms with Crippen LogP contribution >= 0.6 is 0 Å². The van der Waals surface area contributed by atoms with Crippen LogP contribution in [0.1, 0.15) is 0 Å². The van der Waals surface area contributed by atoms with Crippen molar-refractivity contribution in [3.63, 3.8) is 0 Å². The monoisotopic (exact) mass is 172 g/mol. The molecule has 0 bridgehead atoms. The molecule has 0 atom stereocenters. The number of carbonyl (C=O) groups is 1. The number of amides is 1. The molecule has 0 fully saturated rings. The topological polar surface area (TPSA) is 70.9 Å². The van der Waals surface area contributed by atoms with Crippen molar-refractivity contribution >= 4 is 11.6 Å². The van der Waals surface area contributed by atoms with Crippen LogP contribution in [0.4, 0.5) is 0 Å². The van der Waals surface area contributed by atoms with E-state index in [0.29, 0.717) is 0 Å². The summed E-state index contributed by atoms with van der Waals surface area (Å²) in [5, 5.41) is 14.2. The lowest BCUT2D eigenvalue weighted by Gasteiger charge is -1.97. The van der Waals surface area contributed by atoms with Gasteiger partial charge in [-0.05, 0) is 6.08 Å². The molecule has 0 aliphatic rings. The molecule has 0 aromatic heterocycles. The molecule has 0 unspecified atom stereocenters. The number of aliphatic hydroxyl groups excluding tert-OH is 1. The first-order valence-electron chi connectivity index (χ1n) is 3.37. The van der Waals surface area contributed by atoms with Crippen LogP contribution in [0, 0.1) is 0 Å². The summed E-state index contributed by atoms with van der Waals surface area (Å²) < 4.78 is 0. The maximum atomic E-state index is 11.0. The van der Waals surface area contributed by atoms with E-state index in [9.17, 15) is 4.79 Å². The molecule has 2 N–H and O–H groups in total. The molecule has 0 rings (SSSR count). The Bertz CT molecular complexity index is 199. The van der Waals surface area contributed by atoms with Gasteiger partial charge in [0.05, 0.1) is 6.61 Å². The molecule has 5 nitrogen and oxygen atoms in total. The second-order valence-electron chi connectivity index (χ2n) is 1.82. The van der Waals surface area contributed by atoms with Crippen molar-refractivity contribution < 1.29 is 14.7 Å². The molecule has 0 spiro atoms. The standard InChI is InChI=1S/C7H12N2O3/c1-8-7(11)6(9-12-2)4-3-5-10/h3-4,10H,5H2,1-2H3,(H,8,11)/b4-3+,9-6+. The Morgan fingerprint density at radius 2 is 2.42 bits per heavy atom. The summed E-state index contributed by atoms with van der Waals surface area (Å²) in [5.41, 5.74) is 0.119. The predicted octanol–water partition coefficient (Wildman–Crippen LogP) is -0.717. The number of oxime groups is 1. The molecular formula is C7H12N2O3. The molecule has 68 valence electrons. The Morgan fingerprint density at radius 1 is 1.75 bits per heavy atom. The van der Waals surface area contributed by atoms with Gasteiger partial charge in [0.25, 0.3) is 5.91 Å². The van der Waals surface area contributed by atoms with E-state index >= 15 is 0 Å². The molecule has 0 saturated heterocycles. The van der Waals surface area contributed by atoms with Gasteiger partial charge in [0.2, 0.25) is 0 Å². The molecule has 0 aliphatic heterocycles. The molecule has 0 saturated carbocycles. The van der Waals surface area contributed by atoms with E-state index in [1.54, 1.807) is 0 Å². The minimum atomic E-state index is -0.360. The van der Waals surface area contributed by atoms with Gasteiger partial charge in [0.1, 0.15) is 7.11 Å². The summed E-state index contributed by atoms with van der Waals surface area (Å²) in [6.45, 7) is -0.139. The molecule has 0 aliphatic carbocycles. The van der Waals surface area contributed by atoms with Gasteiger partial charge >= 0.3 is 0 Å². The highest BCUT2D eigenvalue weighted by Crippen LogP contribution is 1.84. The van der Waals surface area contributed by atoms with Crippen molar-refractivity contribution in [1.29, 1.82) is 0 Å². The fourth-order valence-corrected chi connectivity index (χ4v) is 0.538. The zero-order valence-electron chi connectivity index (χ0n) is 7.07. The summed E-state index contributed by atoms with van der Waals surface area (Å²) >= 11 is 0. The van der Waals surface area contributed by atoms with E-state index < -0.39 is 0 Å². The van der Waals surface area contributed by atoms with Gasteiger partial charge in [0.15, 0.2) is 5.71 Å². The second kappa shape index (κ2) is 6.36. The SMILES string of the molecule is CNC(=O)C(/C=C/CO)=N/OC. The van der Waals surface area contributed by atoms with E-state index in [4.69, 9.17) is 5.11 Å². The van der Waals surface area contributed by atoms with Crippen LogP contribution in [-0.2, 0) is 9.63 Å². The number of aliphatic hydroxyl groups is 1. The van der Waals surface area contributed by atoms with Crippen molar-refractivity contribution in [2.45, 2.75) is 0 Å². The van der Waals surface area contributed by atoms with Crippen LogP contribution in [0.25, 0.3) is 0 Å². The van der Waals surface area contributed by atoms with Gasteiger partial charge in [0, 0.05) is 7.05 Å². The Kier molecular flexibility index (Phi) is 5.64. The lowest BCUT2D eigenvalue weighted by atomic mass is 10.3. The third-order valence-electron chi connectivity index (χ3n) is 1.03. The Hall–Kier alpha value is -1.36. The lowest BCUT2D eigenvalue weighted by Crippen LogP contribution is -2.26. The predicted molar refractivity (Wildman–Crippen MR) is 44.7 cm³/mol. The average Bonchev–Trinajstić information content (AvgIpc) is 2.11. The Balaban J connectivity index is 4.34. The molecule has 0 heterocycles. The normalized spacial score (nSPS) is 11.8. The number of nitrogens with zero attached hydrogens (tertiary/aromatic N) is 1. The number of rotatable bonds is 4. The Labute approximate surface area is 70.7 Å². The highest BCUT2D eigenvalue weighted by atomic mass is 16.6. The van der Waals surface area contributed by atoms with Crippen molar-refractivity contribution in [2.24, 2.45) is 5.16 Å². The summed E-state index contributed by atoms with van der Waals surface area (Å²) in [4.78, 5) is 15.4. The van der Waals surface area contributed by atoms with Crippen LogP contribution in [0.3, 0.4) is 0 Å². The summed E-state index contributed by atoms with van der Waals surface area (Å²) in [5.74, 6) is -0.360. The second-order valence-corrected chi connectivity index (χ2v) is 1.82. The quantitative estimate of drug-likeness (QED) is 0.434. The minimum Gasteiger partial charge on any atom is -0.398 e. The van der Waals surface area contributed by atoms with E-state index in [1.165, 1.54) is 26.3 Å². The fraction of sp³-hybridized carbons (Fsp3) is 0.429. The molecule has 0 radical (unpaired) electrons. The molecule has 0 aromatic rings. The first-order chi connectivity index (χ1) is 5.76. The van der Waals surface area contributed by atoms with Crippen molar-refractivity contribution in [1.82, 2.24) is 5.32 Å². The first kappa shape index (κ1) is 10.6. The third-order valence-corrected chi connectivity index (χ3v) is 1.03. The summed E-state index contributed by atoms with van der Waals surface area (Å²) in [6, 6.07) is 0. The van der Waals surface area contributed by atoms with Gasteiger partial charge in [-0.15, -0.1) is 0 Å². The third kappa shape index (κ3) is 3.72. The van der Waals surface area contributed by atoms with E-state index in [0.717, 1.165) is 0 Å². The van der Waals surface area contributed by atoms with E-state index in [1.807, 2.05) is 0 Å². The fourth-order valence-electron chi connectivity index (χ4n) is 0.538. The zero-order valence-corrected chi connectivity index (χ0v) is 7.07. The highest BCUT2D eigenvalue weighted by Gasteiger charge is 2.04. The van der Waals surface area contributed by atoms with Gasteiger partial charge in [-0.1, -0.05) is 11.2 Å². The van der Waals surface area contributed by atoms with E-state index in [2.05, 4.69) is 15.3 Å². The van der Waals surface area contributed by atoms with Crippen molar-refractivity contribution in [3.8, 4) is 0 Å². The van der Waals surface area contributed by atoms with Gasteiger partial charge in [-0.3, -0.25) is 4.79 Å². The maximum Gasteiger partial charge on any atom is 0.273 e. The van der Waals surface area contributed by atoms with Gasteiger partial charge < -0.3 is 15.3 Å². The average molecular weight is 172 g/mol. The van der Waals surface area contributed by atoms with Crippen molar-refractivity contribution in [3.05, 3.63) is 12.2 Å². The molecule has 1 amide bonds. The van der Waals surface area contributed by atoms with Crippen molar-refractivity contribution in [2.75, 3.05) is 20.8 Å². The molecule has 0 aromatic carbocycles. The number of carbonyl (C=O) groups excluding carboxylic acids is 1. The minimum absolute atomic E-state index is 0.119. The van der Waals surface area contributed by atoms with Crippen LogP contribution in [-0.4, -0.2) is 37.5 Å². The van der Waals surface area contributed by atoms with E-state index in [-0.39, 0.29) is 18.2 Å². The number of hydrogen-bond donors (Lipinski definition) is 2. The van der Waals surface area contributed by atoms with Gasteiger partial charge in [-0.25, -0.2) is 0 Å². The number of hydrogen-bond acceptors (Lipinski definition) is 4. The number of nitrogens with one attached hydrogen (secondary N) is 1. The summed E-state index contributed by atoms with van der Waals surface area (Å²) in [7, 11) is 2.83. The summed E-state index contributed by atoms with van der Waals surface area (Å²) in [6.07, 6.45) is 2.77. The molecular weight excluding hydrogens is 160 g/mol. The van der Waals surface area contributed by atoms with Crippen LogP contribution < -0.4 is 5.32 Å². The van der Waals surface area contributed by atoms with Crippen LogP contribution in [0.15, 0.2) is 17.3 Å². The molecule has 12 heavy (non-hydrogen) atoms. The van der Waals surface area contributed by atoms with Gasteiger partial charge in [-0.2, -0.15) is 0 Å².